The molecule has 0 radical (unpaired) electrons. The van der Waals surface area contributed by atoms with Gasteiger partial charge in [0.25, 0.3) is 0 Å². The minimum Gasteiger partial charge on any atom is -0.481 e. The lowest BCUT2D eigenvalue weighted by Crippen LogP contribution is -2.49. The summed E-state index contributed by atoms with van der Waals surface area (Å²) in [5, 5.41) is 12.1. The number of nitrogens with zero attached hydrogens (tertiary/aromatic N) is 1. The molecule has 0 aromatic heterocycles. The lowest BCUT2D eigenvalue weighted by atomic mass is 9.83. The van der Waals surface area contributed by atoms with Crippen LogP contribution in [0.5, 0.6) is 0 Å². The van der Waals surface area contributed by atoms with E-state index in [0.717, 1.165) is 18.8 Å². The summed E-state index contributed by atoms with van der Waals surface area (Å²) >= 11 is 0. The van der Waals surface area contributed by atoms with Gasteiger partial charge in [-0.25, -0.2) is 4.79 Å². The van der Waals surface area contributed by atoms with Crippen LogP contribution in [0, 0.1) is 11.8 Å². The van der Waals surface area contributed by atoms with Gasteiger partial charge in [-0.1, -0.05) is 26.2 Å². The number of piperidine rings is 1. The fourth-order valence-electron chi connectivity index (χ4n) is 3.68. The summed E-state index contributed by atoms with van der Waals surface area (Å²) in [7, 11) is 0. The number of carboxylic acid groups (broad SMARTS) is 1. The monoisotopic (exact) mass is 310 g/mol. The van der Waals surface area contributed by atoms with Crippen LogP contribution in [0.25, 0.3) is 0 Å². The summed E-state index contributed by atoms with van der Waals surface area (Å²) in [6, 6.07) is 0.309. The number of nitrogens with one attached hydrogen (secondary N) is 1. The van der Waals surface area contributed by atoms with Crippen LogP contribution in [-0.4, -0.2) is 41.1 Å². The summed E-state index contributed by atoms with van der Waals surface area (Å²) in [6.45, 7) is 3.36. The molecule has 5 heteroatoms. The molecule has 0 atom stereocenters. The molecule has 1 saturated carbocycles. The van der Waals surface area contributed by atoms with Crippen molar-refractivity contribution in [3.63, 3.8) is 0 Å². The lowest BCUT2D eigenvalue weighted by molar-refractivity contribution is -0.143. The van der Waals surface area contributed by atoms with E-state index in [2.05, 4.69) is 12.2 Å². The zero-order chi connectivity index (χ0) is 15.9. The maximum absolute atomic E-state index is 12.3. The molecule has 22 heavy (non-hydrogen) atoms. The molecule has 0 aromatic carbocycles. The molecule has 1 aliphatic carbocycles. The average molecular weight is 310 g/mol. The van der Waals surface area contributed by atoms with E-state index in [9.17, 15) is 9.59 Å². The second-order valence-corrected chi connectivity index (χ2v) is 6.91. The third-order valence-corrected chi connectivity index (χ3v) is 5.27. The molecule has 126 valence electrons. The van der Waals surface area contributed by atoms with Crippen LogP contribution < -0.4 is 5.32 Å². The number of amides is 2. The molecule has 5 nitrogen and oxygen atoms in total. The van der Waals surface area contributed by atoms with Crippen molar-refractivity contribution < 1.29 is 14.7 Å². The van der Waals surface area contributed by atoms with E-state index in [1.54, 1.807) is 4.90 Å². The summed E-state index contributed by atoms with van der Waals surface area (Å²) in [4.78, 5) is 25.0. The van der Waals surface area contributed by atoms with Gasteiger partial charge in [-0.2, -0.15) is 0 Å². The Morgan fingerprint density at radius 3 is 2.27 bits per heavy atom. The first-order valence-electron chi connectivity index (χ1n) is 8.88. The molecule has 2 aliphatic rings. The summed E-state index contributed by atoms with van der Waals surface area (Å²) in [6.07, 6.45) is 9.71. The Morgan fingerprint density at radius 2 is 1.73 bits per heavy atom. The van der Waals surface area contributed by atoms with Gasteiger partial charge in [0.15, 0.2) is 0 Å². The highest BCUT2D eigenvalue weighted by Gasteiger charge is 2.29. The van der Waals surface area contributed by atoms with Crippen molar-refractivity contribution in [2.45, 2.75) is 70.8 Å². The number of aliphatic carboxylic acids is 1. The number of rotatable bonds is 5. The number of urea groups is 1. The second kappa shape index (κ2) is 8.39. The average Bonchev–Trinajstić information content (AvgIpc) is 2.54. The van der Waals surface area contributed by atoms with Gasteiger partial charge in [-0.05, 0) is 44.4 Å². The third kappa shape index (κ3) is 4.89. The molecule has 2 fully saturated rings. The Labute approximate surface area is 133 Å². The van der Waals surface area contributed by atoms with E-state index < -0.39 is 5.97 Å². The Hall–Kier alpha value is -1.26. The SMILES string of the molecule is CCCCC1CCC(NC(=O)N2CCC(C(=O)O)CC2)CC1. The fraction of sp³-hybridized carbons (Fsp3) is 0.882. The van der Waals surface area contributed by atoms with Gasteiger partial charge in [0.2, 0.25) is 0 Å². The first-order valence-corrected chi connectivity index (χ1v) is 8.88. The van der Waals surface area contributed by atoms with Gasteiger partial charge in [-0.15, -0.1) is 0 Å². The van der Waals surface area contributed by atoms with Crippen molar-refractivity contribution in [1.82, 2.24) is 10.2 Å². The highest BCUT2D eigenvalue weighted by molar-refractivity contribution is 5.75. The highest BCUT2D eigenvalue weighted by Crippen LogP contribution is 2.28. The van der Waals surface area contributed by atoms with Crippen molar-refractivity contribution >= 4 is 12.0 Å². The summed E-state index contributed by atoms with van der Waals surface area (Å²) < 4.78 is 0. The molecule has 2 N–H and O–H groups in total. The smallest absolute Gasteiger partial charge is 0.317 e. The zero-order valence-corrected chi connectivity index (χ0v) is 13.7. The lowest BCUT2D eigenvalue weighted by Gasteiger charge is -2.34. The largest absolute Gasteiger partial charge is 0.481 e. The minimum atomic E-state index is -0.731. The Bertz CT molecular complexity index is 370. The number of hydrogen-bond donors (Lipinski definition) is 2. The predicted octanol–water partition coefficient (Wildman–Crippen LogP) is 3.24. The first-order chi connectivity index (χ1) is 10.6. The van der Waals surface area contributed by atoms with Crippen molar-refractivity contribution in [2.24, 2.45) is 11.8 Å². The third-order valence-electron chi connectivity index (χ3n) is 5.27. The Morgan fingerprint density at radius 1 is 1.09 bits per heavy atom. The van der Waals surface area contributed by atoms with Gasteiger partial charge < -0.3 is 15.3 Å². The number of likely N-dealkylation sites (tertiary alicyclic amines) is 1. The van der Waals surface area contributed by atoms with Crippen molar-refractivity contribution in [2.75, 3.05) is 13.1 Å². The molecular formula is C17H30N2O3. The maximum Gasteiger partial charge on any atom is 0.317 e. The number of carbonyl (C=O) groups excluding carboxylic acids is 1. The summed E-state index contributed by atoms with van der Waals surface area (Å²) in [5.74, 6) is -0.164. The number of hydrogen-bond acceptors (Lipinski definition) is 2. The normalized spacial score (nSPS) is 26.7. The Kier molecular flexibility index (Phi) is 6.52. The van der Waals surface area contributed by atoms with E-state index in [0.29, 0.717) is 32.0 Å². The molecule has 1 aliphatic heterocycles. The van der Waals surface area contributed by atoms with Gasteiger partial charge in [-0.3, -0.25) is 4.79 Å². The van der Waals surface area contributed by atoms with Crippen molar-refractivity contribution in [3.8, 4) is 0 Å². The maximum atomic E-state index is 12.3. The molecule has 0 bridgehead atoms. The fourth-order valence-corrected chi connectivity index (χ4v) is 3.68. The van der Waals surface area contributed by atoms with Crippen LogP contribution in [0.4, 0.5) is 4.79 Å². The second-order valence-electron chi connectivity index (χ2n) is 6.91. The molecule has 2 rings (SSSR count). The molecular weight excluding hydrogens is 280 g/mol. The van der Waals surface area contributed by atoms with E-state index in [1.165, 1.54) is 32.1 Å². The molecule has 2 amide bonds. The predicted molar refractivity (Wildman–Crippen MR) is 85.7 cm³/mol. The van der Waals surface area contributed by atoms with Crippen LogP contribution in [0.1, 0.15) is 64.7 Å². The first kappa shape index (κ1) is 17.1. The van der Waals surface area contributed by atoms with Crippen LogP contribution in [0.3, 0.4) is 0 Å². The van der Waals surface area contributed by atoms with Gasteiger partial charge in [0.1, 0.15) is 0 Å². The van der Waals surface area contributed by atoms with Gasteiger partial charge in [0.05, 0.1) is 5.92 Å². The molecule has 1 saturated heterocycles. The van der Waals surface area contributed by atoms with Crippen LogP contribution in [0.15, 0.2) is 0 Å². The molecule has 0 aromatic rings. The van der Waals surface area contributed by atoms with Crippen molar-refractivity contribution in [3.05, 3.63) is 0 Å². The summed E-state index contributed by atoms with van der Waals surface area (Å²) in [5.41, 5.74) is 0. The van der Waals surface area contributed by atoms with E-state index >= 15 is 0 Å². The number of carbonyl (C=O) groups is 2. The van der Waals surface area contributed by atoms with E-state index in [4.69, 9.17) is 5.11 Å². The molecule has 0 unspecified atom stereocenters. The van der Waals surface area contributed by atoms with Crippen LogP contribution >= 0.6 is 0 Å². The van der Waals surface area contributed by atoms with Crippen molar-refractivity contribution in [1.29, 1.82) is 0 Å². The number of carboxylic acids is 1. The van der Waals surface area contributed by atoms with Crippen LogP contribution in [-0.2, 0) is 4.79 Å². The Balaban J connectivity index is 1.67. The molecule has 1 heterocycles. The van der Waals surface area contributed by atoms with Crippen LogP contribution in [0.2, 0.25) is 0 Å². The van der Waals surface area contributed by atoms with Gasteiger partial charge in [0, 0.05) is 19.1 Å². The standard InChI is InChI=1S/C17H30N2O3/c1-2-3-4-13-5-7-15(8-6-13)18-17(22)19-11-9-14(10-12-19)16(20)21/h13-15H,2-12H2,1H3,(H,18,22)(H,20,21). The minimum absolute atomic E-state index is 0.000784. The molecule has 0 spiro atoms. The number of unbranched alkanes of at least 4 members (excludes halogenated alkanes) is 1. The zero-order valence-electron chi connectivity index (χ0n) is 13.7. The topological polar surface area (TPSA) is 69.6 Å². The highest BCUT2D eigenvalue weighted by atomic mass is 16.4. The van der Waals surface area contributed by atoms with E-state index in [-0.39, 0.29) is 11.9 Å². The van der Waals surface area contributed by atoms with Gasteiger partial charge >= 0.3 is 12.0 Å². The van der Waals surface area contributed by atoms with E-state index in [1.807, 2.05) is 0 Å². The quantitative estimate of drug-likeness (QED) is 0.819.